The lowest BCUT2D eigenvalue weighted by molar-refractivity contribution is 0.201. The van der Waals surface area contributed by atoms with Gasteiger partial charge < -0.3 is 10.1 Å². The van der Waals surface area contributed by atoms with Crippen molar-refractivity contribution in [1.82, 2.24) is 9.97 Å². The average molecular weight is 223 g/mol. The summed E-state index contributed by atoms with van der Waals surface area (Å²) in [6, 6.07) is 1.87. The minimum Gasteiger partial charge on any atom is -0.475 e. The van der Waals surface area contributed by atoms with E-state index in [-0.39, 0.29) is 6.10 Å². The number of ether oxygens (including phenoxy) is 1. The van der Waals surface area contributed by atoms with E-state index in [2.05, 4.69) is 29.1 Å². The minimum absolute atomic E-state index is 0.203. The van der Waals surface area contributed by atoms with E-state index in [1.807, 2.05) is 19.9 Å². The van der Waals surface area contributed by atoms with Gasteiger partial charge in [-0.25, -0.2) is 4.98 Å². The van der Waals surface area contributed by atoms with Crippen LogP contribution in [0.5, 0.6) is 5.88 Å². The molecule has 90 valence electrons. The molecule has 1 unspecified atom stereocenters. The van der Waals surface area contributed by atoms with Crippen molar-refractivity contribution < 1.29 is 4.74 Å². The highest BCUT2D eigenvalue weighted by Crippen LogP contribution is 2.14. The second-order valence-electron chi connectivity index (χ2n) is 3.92. The third-order valence-corrected chi connectivity index (χ3v) is 2.18. The Morgan fingerprint density at radius 3 is 2.75 bits per heavy atom. The zero-order valence-electron chi connectivity index (χ0n) is 10.6. The third-order valence-electron chi connectivity index (χ3n) is 2.18. The maximum absolute atomic E-state index is 5.73. The number of nitrogens with zero attached hydrogens (tertiary/aromatic N) is 2. The van der Waals surface area contributed by atoms with Gasteiger partial charge in [0, 0.05) is 18.3 Å². The summed E-state index contributed by atoms with van der Waals surface area (Å²) in [5, 5.41) is 3.09. The Kier molecular flexibility index (Phi) is 5.02. The molecule has 0 saturated heterocycles. The highest BCUT2D eigenvalue weighted by molar-refractivity contribution is 5.30. The van der Waals surface area contributed by atoms with Gasteiger partial charge in [0.15, 0.2) is 0 Å². The van der Waals surface area contributed by atoms with Crippen LogP contribution < -0.4 is 10.1 Å². The van der Waals surface area contributed by atoms with Gasteiger partial charge in [-0.1, -0.05) is 13.3 Å². The molecule has 0 fully saturated rings. The van der Waals surface area contributed by atoms with Gasteiger partial charge in [0.25, 0.3) is 0 Å². The largest absolute Gasteiger partial charge is 0.475 e. The van der Waals surface area contributed by atoms with E-state index in [0.29, 0.717) is 11.8 Å². The summed E-state index contributed by atoms with van der Waals surface area (Å²) in [5.74, 6) is 1.30. The van der Waals surface area contributed by atoms with Gasteiger partial charge in [-0.2, -0.15) is 4.98 Å². The SMILES string of the molecule is CCCC(C)Oc1cc(C)nc(NCC)n1. The van der Waals surface area contributed by atoms with E-state index in [1.165, 1.54) is 0 Å². The molecule has 1 heterocycles. The van der Waals surface area contributed by atoms with E-state index >= 15 is 0 Å². The van der Waals surface area contributed by atoms with Crippen molar-refractivity contribution in [1.29, 1.82) is 0 Å². The predicted molar refractivity (Wildman–Crippen MR) is 65.9 cm³/mol. The van der Waals surface area contributed by atoms with Crippen LogP contribution in [0.4, 0.5) is 5.95 Å². The second-order valence-corrected chi connectivity index (χ2v) is 3.92. The fourth-order valence-corrected chi connectivity index (χ4v) is 1.51. The molecule has 1 rings (SSSR count). The van der Waals surface area contributed by atoms with Crippen molar-refractivity contribution in [2.45, 2.75) is 46.6 Å². The van der Waals surface area contributed by atoms with Crippen LogP contribution in [-0.4, -0.2) is 22.6 Å². The molecular formula is C12H21N3O. The molecule has 16 heavy (non-hydrogen) atoms. The molecule has 1 aromatic rings. The second kappa shape index (κ2) is 6.30. The first-order valence-electron chi connectivity index (χ1n) is 5.91. The number of rotatable bonds is 6. The highest BCUT2D eigenvalue weighted by atomic mass is 16.5. The fourth-order valence-electron chi connectivity index (χ4n) is 1.51. The van der Waals surface area contributed by atoms with E-state index in [1.54, 1.807) is 0 Å². The summed E-state index contributed by atoms with van der Waals surface area (Å²) in [4.78, 5) is 8.58. The molecule has 0 radical (unpaired) electrons. The monoisotopic (exact) mass is 223 g/mol. The van der Waals surface area contributed by atoms with Crippen LogP contribution in [0.2, 0.25) is 0 Å². The Hall–Kier alpha value is -1.32. The van der Waals surface area contributed by atoms with Gasteiger partial charge in [-0.3, -0.25) is 0 Å². The van der Waals surface area contributed by atoms with E-state index in [9.17, 15) is 0 Å². The lowest BCUT2D eigenvalue weighted by Gasteiger charge is -2.14. The number of aryl methyl sites for hydroxylation is 1. The first kappa shape index (κ1) is 12.7. The van der Waals surface area contributed by atoms with Crippen molar-refractivity contribution in [2.75, 3.05) is 11.9 Å². The molecule has 0 aliphatic carbocycles. The fraction of sp³-hybridized carbons (Fsp3) is 0.667. The maximum Gasteiger partial charge on any atom is 0.226 e. The van der Waals surface area contributed by atoms with Gasteiger partial charge in [0.1, 0.15) is 0 Å². The van der Waals surface area contributed by atoms with Gasteiger partial charge in [-0.15, -0.1) is 0 Å². The van der Waals surface area contributed by atoms with E-state index in [0.717, 1.165) is 25.1 Å². The topological polar surface area (TPSA) is 47.0 Å². The summed E-state index contributed by atoms with van der Waals surface area (Å²) in [5.41, 5.74) is 0.921. The molecule has 1 N–H and O–H groups in total. The number of hydrogen-bond donors (Lipinski definition) is 1. The zero-order chi connectivity index (χ0) is 12.0. The van der Waals surface area contributed by atoms with Crippen LogP contribution in [0, 0.1) is 6.92 Å². The lowest BCUT2D eigenvalue weighted by atomic mass is 10.2. The zero-order valence-corrected chi connectivity index (χ0v) is 10.6. The molecular weight excluding hydrogens is 202 g/mol. The standard InChI is InChI=1S/C12H21N3O/c1-5-7-10(4)16-11-8-9(3)14-12(15-11)13-6-2/h8,10H,5-7H2,1-4H3,(H,13,14,15). The molecule has 1 atom stereocenters. The Morgan fingerprint density at radius 1 is 1.38 bits per heavy atom. The molecule has 0 amide bonds. The van der Waals surface area contributed by atoms with Crippen molar-refractivity contribution in [3.8, 4) is 5.88 Å². The first-order valence-corrected chi connectivity index (χ1v) is 5.91. The Balaban J connectivity index is 2.71. The van der Waals surface area contributed by atoms with Gasteiger partial charge in [-0.05, 0) is 27.2 Å². The average Bonchev–Trinajstić information content (AvgIpc) is 2.17. The number of anilines is 1. The van der Waals surface area contributed by atoms with Crippen LogP contribution in [0.1, 0.15) is 39.3 Å². The summed E-state index contributed by atoms with van der Waals surface area (Å²) >= 11 is 0. The van der Waals surface area contributed by atoms with Gasteiger partial charge in [0.05, 0.1) is 6.10 Å². The van der Waals surface area contributed by atoms with E-state index in [4.69, 9.17) is 4.74 Å². The van der Waals surface area contributed by atoms with Crippen LogP contribution in [0.3, 0.4) is 0 Å². The summed E-state index contributed by atoms with van der Waals surface area (Å²) in [6.07, 6.45) is 2.36. The first-order chi connectivity index (χ1) is 7.65. The molecule has 1 aromatic heterocycles. The summed E-state index contributed by atoms with van der Waals surface area (Å²) < 4.78 is 5.73. The summed E-state index contributed by atoms with van der Waals surface area (Å²) in [7, 11) is 0. The Labute approximate surface area is 97.5 Å². The molecule has 4 heteroatoms. The van der Waals surface area contributed by atoms with Gasteiger partial charge in [0.2, 0.25) is 11.8 Å². The van der Waals surface area contributed by atoms with Crippen LogP contribution in [0.15, 0.2) is 6.07 Å². The normalized spacial score (nSPS) is 12.2. The molecule has 0 aromatic carbocycles. The predicted octanol–water partition coefficient (Wildman–Crippen LogP) is 2.78. The van der Waals surface area contributed by atoms with E-state index < -0.39 is 0 Å². The number of nitrogens with one attached hydrogen (secondary N) is 1. The molecule has 0 aliphatic rings. The Morgan fingerprint density at radius 2 is 2.12 bits per heavy atom. The van der Waals surface area contributed by atoms with Crippen molar-refractivity contribution in [3.05, 3.63) is 11.8 Å². The highest BCUT2D eigenvalue weighted by Gasteiger charge is 2.06. The smallest absolute Gasteiger partial charge is 0.226 e. The molecule has 0 spiro atoms. The van der Waals surface area contributed by atoms with Crippen molar-refractivity contribution in [2.24, 2.45) is 0 Å². The lowest BCUT2D eigenvalue weighted by Crippen LogP contribution is -2.13. The van der Waals surface area contributed by atoms with Crippen LogP contribution in [-0.2, 0) is 0 Å². The Bertz CT molecular complexity index is 328. The van der Waals surface area contributed by atoms with Gasteiger partial charge >= 0.3 is 0 Å². The third kappa shape index (κ3) is 4.04. The van der Waals surface area contributed by atoms with Crippen LogP contribution in [0.25, 0.3) is 0 Å². The van der Waals surface area contributed by atoms with Crippen LogP contribution >= 0.6 is 0 Å². The van der Waals surface area contributed by atoms with Crippen molar-refractivity contribution >= 4 is 5.95 Å². The molecule has 0 bridgehead atoms. The number of hydrogen-bond acceptors (Lipinski definition) is 4. The quantitative estimate of drug-likeness (QED) is 0.805. The number of aromatic nitrogens is 2. The maximum atomic E-state index is 5.73. The molecule has 4 nitrogen and oxygen atoms in total. The molecule has 0 saturated carbocycles. The summed E-state index contributed by atoms with van der Waals surface area (Å²) in [6.45, 7) is 8.99. The van der Waals surface area contributed by atoms with Crippen molar-refractivity contribution in [3.63, 3.8) is 0 Å². The minimum atomic E-state index is 0.203. The molecule has 0 aliphatic heterocycles.